The third kappa shape index (κ3) is 5.53. The number of phenols is 1. The largest absolute Gasteiger partial charge is 0.507 e. The molecule has 0 atom stereocenters. The van der Waals surface area contributed by atoms with Gasteiger partial charge in [0.2, 0.25) is 0 Å². The molecule has 0 unspecified atom stereocenters. The molecule has 0 aliphatic heterocycles. The number of nitrogens with two attached hydrogens (primary N) is 1. The average molecular weight is 438 g/mol. The molecule has 4 heteroatoms. The maximum absolute atomic E-state index is 12.8. The van der Waals surface area contributed by atoms with Crippen molar-refractivity contribution in [3.05, 3.63) is 58.7 Å². The third-order valence-corrected chi connectivity index (χ3v) is 6.51. The molecule has 0 aromatic heterocycles. The van der Waals surface area contributed by atoms with Crippen molar-refractivity contribution in [2.24, 2.45) is 0 Å². The molecule has 0 bridgehead atoms. The molecule has 174 valence electrons. The summed E-state index contributed by atoms with van der Waals surface area (Å²) in [5, 5.41) is 11.4. The van der Waals surface area contributed by atoms with Gasteiger partial charge in [0, 0.05) is 27.9 Å². The highest BCUT2D eigenvalue weighted by Crippen LogP contribution is 2.48. The van der Waals surface area contributed by atoms with E-state index in [2.05, 4.69) is 48.5 Å². The summed E-state index contributed by atoms with van der Waals surface area (Å²) >= 11 is 0. The number of benzene rings is 2. The zero-order chi connectivity index (χ0) is 24.1. The van der Waals surface area contributed by atoms with Crippen molar-refractivity contribution < 1.29 is 14.6 Å². The third-order valence-electron chi connectivity index (χ3n) is 6.51. The maximum atomic E-state index is 12.8. The van der Waals surface area contributed by atoms with Gasteiger partial charge in [-0.15, -0.1) is 0 Å². The number of anilines is 1. The lowest BCUT2D eigenvalue weighted by Gasteiger charge is -2.33. The number of carbonyl (C=O) groups is 1. The van der Waals surface area contributed by atoms with Gasteiger partial charge in [0.1, 0.15) is 11.5 Å². The van der Waals surface area contributed by atoms with E-state index in [0.29, 0.717) is 29.4 Å². The summed E-state index contributed by atoms with van der Waals surface area (Å²) in [6.07, 6.45) is 5.94. The molecule has 0 saturated carbocycles. The van der Waals surface area contributed by atoms with Crippen molar-refractivity contribution in [3.8, 4) is 11.5 Å². The molecule has 0 aliphatic rings. The number of ketones is 1. The molecule has 2 aromatic carbocycles. The summed E-state index contributed by atoms with van der Waals surface area (Å²) in [4.78, 5) is 12.8. The Morgan fingerprint density at radius 1 is 1.03 bits per heavy atom. The smallest absolute Gasteiger partial charge is 0.185 e. The van der Waals surface area contributed by atoms with Crippen molar-refractivity contribution in [1.29, 1.82) is 0 Å². The lowest BCUT2D eigenvalue weighted by molar-refractivity contribution is 0.104. The Labute approximate surface area is 193 Å². The first-order chi connectivity index (χ1) is 15.0. The summed E-state index contributed by atoms with van der Waals surface area (Å²) in [6, 6.07) is 8.88. The molecule has 0 fully saturated rings. The number of allylic oxidation sites excluding steroid dienone is 1. The van der Waals surface area contributed by atoms with E-state index in [4.69, 9.17) is 10.5 Å². The fraction of sp³-hybridized carbons (Fsp3) is 0.464. The summed E-state index contributed by atoms with van der Waals surface area (Å²) in [7, 11) is 0. The monoisotopic (exact) mass is 437 g/mol. The van der Waals surface area contributed by atoms with Crippen LogP contribution in [0.4, 0.5) is 5.69 Å². The minimum Gasteiger partial charge on any atom is -0.507 e. The Bertz CT molecular complexity index is 969. The van der Waals surface area contributed by atoms with Crippen molar-refractivity contribution in [2.75, 3.05) is 12.3 Å². The molecule has 2 aromatic rings. The van der Waals surface area contributed by atoms with E-state index in [1.165, 1.54) is 0 Å². The van der Waals surface area contributed by atoms with Gasteiger partial charge in [0.05, 0.1) is 6.61 Å². The van der Waals surface area contributed by atoms with E-state index in [9.17, 15) is 9.90 Å². The molecule has 4 nitrogen and oxygen atoms in total. The second-order valence-corrected chi connectivity index (χ2v) is 9.71. The van der Waals surface area contributed by atoms with Crippen molar-refractivity contribution >= 4 is 17.5 Å². The maximum Gasteiger partial charge on any atom is 0.185 e. The number of ether oxygens (including phenoxy) is 1. The van der Waals surface area contributed by atoms with Crippen LogP contribution >= 0.6 is 0 Å². The molecule has 0 spiro atoms. The van der Waals surface area contributed by atoms with E-state index < -0.39 is 0 Å². The number of carbonyl (C=O) groups excluding carboxylic acids is 1. The van der Waals surface area contributed by atoms with E-state index in [1.54, 1.807) is 30.3 Å². The molecule has 0 heterocycles. The van der Waals surface area contributed by atoms with Crippen LogP contribution in [0.5, 0.6) is 11.5 Å². The zero-order valence-electron chi connectivity index (χ0n) is 20.7. The van der Waals surface area contributed by atoms with E-state index in [1.807, 2.05) is 12.1 Å². The molecule has 32 heavy (non-hydrogen) atoms. The normalized spacial score (nSPS) is 12.3. The number of hydrogen-bond acceptors (Lipinski definition) is 4. The number of nitrogen functional groups attached to an aromatic ring is 1. The Balaban J connectivity index is 2.72. The van der Waals surface area contributed by atoms with Gasteiger partial charge in [-0.25, -0.2) is 0 Å². The number of hydrogen-bond donors (Lipinski definition) is 2. The average Bonchev–Trinajstić information content (AvgIpc) is 2.76. The van der Waals surface area contributed by atoms with Gasteiger partial charge in [-0.1, -0.05) is 48.5 Å². The van der Waals surface area contributed by atoms with Crippen molar-refractivity contribution in [3.63, 3.8) is 0 Å². The highest BCUT2D eigenvalue weighted by molar-refractivity contribution is 6.07. The Kier molecular flexibility index (Phi) is 8.17. The van der Waals surface area contributed by atoms with Crippen molar-refractivity contribution in [1.82, 2.24) is 0 Å². The van der Waals surface area contributed by atoms with Gasteiger partial charge in [0.15, 0.2) is 5.78 Å². The molecule has 2 rings (SSSR count). The first kappa shape index (κ1) is 25.5. The van der Waals surface area contributed by atoms with Gasteiger partial charge in [-0.05, 0) is 72.6 Å². The summed E-state index contributed by atoms with van der Waals surface area (Å²) in [5.74, 6) is 0.858. The van der Waals surface area contributed by atoms with E-state index in [0.717, 1.165) is 36.0 Å². The fourth-order valence-corrected chi connectivity index (χ4v) is 3.58. The zero-order valence-corrected chi connectivity index (χ0v) is 20.7. The van der Waals surface area contributed by atoms with Crippen LogP contribution in [0.2, 0.25) is 0 Å². The summed E-state index contributed by atoms with van der Waals surface area (Å²) in [6.45, 7) is 15.3. The van der Waals surface area contributed by atoms with E-state index >= 15 is 0 Å². The minimum absolute atomic E-state index is 0.105. The molecule has 0 aliphatic carbocycles. The minimum atomic E-state index is -0.295. The first-order valence-corrected chi connectivity index (χ1v) is 11.6. The van der Waals surface area contributed by atoms with Crippen LogP contribution in [-0.4, -0.2) is 17.5 Å². The van der Waals surface area contributed by atoms with Crippen LogP contribution in [0.25, 0.3) is 6.08 Å². The lowest BCUT2D eigenvalue weighted by Crippen LogP contribution is -2.22. The first-order valence-electron chi connectivity index (χ1n) is 11.6. The summed E-state index contributed by atoms with van der Waals surface area (Å²) in [5.41, 5.74) is 8.92. The number of phenolic OH excluding ortho intramolecular Hbond substituents is 1. The van der Waals surface area contributed by atoms with Gasteiger partial charge >= 0.3 is 0 Å². The van der Waals surface area contributed by atoms with Gasteiger partial charge in [-0.2, -0.15) is 0 Å². The Hall–Kier alpha value is -2.75. The van der Waals surface area contributed by atoms with Crippen LogP contribution in [0.15, 0.2) is 36.4 Å². The molecular weight excluding hydrogens is 398 g/mol. The van der Waals surface area contributed by atoms with Gasteiger partial charge in [0.25, 0.3) is 0 Å². The van der Waals surface area contributed by atoms with E-state index in [-0.39, 0.29) is 16.6 Å². The topological polar surface area (TPSA) is 72.5 Å². The second-order valence-electron chi connectivity index (χ2n) is 9.71. The predicted molar refractivity (Wildman–Crippen MR) is 135 cm³/mol. The Morgan fingerprint density at radius 3 is 2.16 bits per heavy atom. The molecule has 0 amide bonds. The van der Waals surface area contributed by atoms with Crippen LogP contribution in [0.1, 0.15) is 94.8 Å². The molecule has 0 radical (unpaired) electrons. The van der Waals surface area contributed by atoms with Crippen LogP contribution in [0, 0.1) is 0 Å². The van der Waals surface area contributed by atoms with Crippen molar-refractivity contribution in [2.45, 2.75) is 78.6 Å². The highest BCUT2D eigenvalue weighted by atomic mass is 16.5. The lowest BCUT2D eigenvalue weighted by atomic mass is 9.74. The highest BCUT2D eigenvalue weighted by Gasteiger charge is 2.33. The molecule has 3 N–H and O–H groups in total. The van der Waals surface area contributed by atoms with Gasteiger partial charge < -0.3 is 15.6 Å². The van der Waals surface area contributed by atoms with Crippen LogP contribution in [0.3, 0.4) is 0 Å². The number of rotatable bonds is 10. The SMILES string of the molecule is CCCOc1c(C=CC(=O)c2ccc(N)cc2)cc(C(C)(C)CC)c(O)c1C(C)(C)CC. The second kappa shape index (κ2) is 10.2. The Morgan fingerprint density at radius 2 is 1.62 bits per heavy atom. The fourth-order valence-electron chi connectivity index (χ4n) is 3.58. The standard InChI is InChI=1S/C28H39NO3/c1-8-17-32-26-20(13-16-23(30)19-11-14-21(29)15-12-19)18-22(27(4,5)9-2)25(31)24(26)28(6,7)10-3/h11-16,18,31H,8-10,17,29H2,1-7H3. The van der Waals surface area contributed by atoms with Gasteiger partial charge in [-0.3, -0.25) is 4.79 Å². The van der Waals surface area contributed by atoms with Crippen LogP contribution in [-0.2, 0) is 10.8 Å². The predicted octanol–water partition coefficient (Wildman–Crippen LogP) is 7.03. The van der Waals surface area contributed by atoms with Crippen LogP contribution < -0.4 is 10.5 Å². The molecular formula is C28H39NO3. The number of aromatic hydroxyl groups is 1. The summed E-state index contributed by atoms with van der Waals surface area (Å²) < 4.78 is 6.20. The molecule has 0 saturated heterocycles. The quantitative estimate of drug-likeness (QED) is 0.238.